The fraction of sp³-hybridized carbons (Fsp3) is 0.467. The van der Waals surface area contributed by atoms with Crippen LogP contribution in [0.3, 0.4) is 0 Å². The first-order valence-corrected chi connectivity index (χ1v) is 21.0. The van der Waals surface area contributed by atoms with Gasteiger partial charge in [-0.3, -0.25) is 29.2 Å². The third-order valence-corrected chi connectivity index (χ3v) is 12.6. The number of amides is 3. The summed E-state index contributed by atoms with van der Waals surface area (Å²) in [6.07, 6.45) is 3.30. The zero-order valence-corrected chi connectivity index (χ0v) is 35.6. The summed E-state index contributed by atoms with van der Waals surface area (Å²) in [4.78, 5) is 55.0. The molecule has 1 saturated carbocycles. The Kier molecular flexibility index (Phi) is 12.4. The van der Waals surface area contributed by atoms with Crippen molar-refractivity contribution in [3.8, 4) is 29.0 Å². The minimum absolute atomic E-state index is 0.108. The molecule has 1 aliphatic carbocycles. The van der Waals surface area contributed by atoms with Gasteiger partial charge in [-0.25, -0.2) is 9.48 Å². The van der Waals surface area contributed by atoms with Gasteiger partial charge in [0.2, 0.25) is 5.91 Å². The van der Waals surface area contributed by atoms with Crippen LogP contribution >= 0.6 is 11.6 Å². The van der Waals surface area contributed by atoms with Crippen LogP contribution in [0.5, 0.6) is 11.5 Å². The highest BCUT2D eigenvalue weighted by molar-refractivity contribution is 6.31. The van der Waals surface area contributed by atoms with Crippen molar-refractivity contribution in [1.82, 2.24) is 29.9 Å². The predicted octanol–water partition coefficient (Wildman–Crippen LogP) is 5.73. The second-order valence-corrected chi connectivity index (χ2v) is 17.6. The molecular weight excluding hydrogens is 784 g/mol. The standard InChI is InChI=1S/C45H53ClN8O6/c1-44(2)41(45(3,4)42(44)60-34-18-13-31(28-47)35(46)27-34)49-39(56)30-9-14-32(15-10-30)53-24-22-52(23-25-53)21-7-6-8-26-59-33-16-11-29(12-17-33)38-50-54(43(58)51(38)5)36-19-20-37(55)48-40(36)57/h9-18,27,36,41-42H,6-8,19-26H2,1-5H3,(H,49,56)(H,48,55,57)/t36?,41-,42-. The number of unbranched alkanes of at least 4 members (excludes halogenated alkanes) is 2. The molecule has 3 fully saturated rings. The SMILES string of the molecule is Cn1c(-c2ccc(OCCCCCN3CCN(c4ccc(C(=O)N[C@H]5C(C)(C)[C@H](Oc6ccc(C#N)c(Cl)c6)C5(C)C)cc4)CC3)cc2)nn(C2CCC(=O)NC2=O)c1=O. The zero-order valence-electron chi connectivity index (χ0n) is 34.9. The van der Waals surface area contributed by atoms with Gasteiger partial charge in [0, 0.05) is 79.4 Å². The number of nitrogens with one attached hydrogen (secondary N) is 2. The molecule has 1 atom stereocenters. The van der Waals surface area contributed by atoms with Crippen molar-refractivity contribution in [2.45, 2.75) is 78.0 Å². The van der Waals surface area contributed by atoms with Gasteiger partial charge in [-0.2, -0.15) is 5.26 Å². The molecule has 14 nitrogen and oxygen atoms in total. The summed E-state index contributed by atoms with van der Waals surface area (Å²) in [5.74, 6) is 0.808. The first kappa shape index (κ1) is 42.5. The number of aromatic nitrogens is 3. The Morgan fingerprint density at radius 3 is 2.27 bits per heavy atom. The molecule has 2 saturated heterocycles. The number of carbonyl (C=O) groups excluding carboxylic acids is 3. The maximum Gasteiger partial charge on any atom is 0.346 e. The van der Waals surface area contributed by atoms with Crippen molar-refractivity contribution in [2.24, 2.45) is 17.9 Å². The summed E-state index contributed by atoms with van der Waals surface area (Å²) < 4.78 is 14.9. The summed E-state index contributed by atoms with van der Waals surface area (Å²) >= 11 is 6.25. The van der Waals surface area contributed by atoms with Gasteiger partial charge in [-0.15, -0.1) is 5.10 Å². The van der Waals surface area contributed by atoms with Gasteiger partial charge in [0.05, 0.1) is 17.2 Å². The maximum absolute atomic E-state index is 13.5. The molecule has 3 heterocycles. The molecule has 3 aromatic carbocycles. The highest BCUT2D eigenvalue weighted by Crippen LogP contribution is 2.55. The van der Waals surface area contributed by atoms with Gasteiger partial charge in [-0.05, 0) is 92.9 Å². The average Bonchev–Trinajstić information content (AvgIpc) is 3.53. The summed E-state index contributed by atoms with van der Waals surface area (Å²) in [5.41, 5.74) is 1.76. The van der Waals surface area contributed by atoms with Crippen LogP contribution in [0.2, 0.25) is 5.02 Å². The van der Waals surface area contributed by atoms with E-state index in [4.69, 9.17) is 21.1 Å². The lowest BCUT2D eigenvalue weighted by Crippen LogP contribution is -2.74. The third-order valence-electron chi connectivity index (χ3n) is 12.3. The summed E-state index contributed by atoms with van der Waals surface area (Å²) in [5, 5.41) is 19.6. The van der Waals surface area contributed by atoms with Gasteiger partial charge in [0.15, 0.2) is 5.82 Å². The Balaban J connectivity index is 0.800. The normalized spacial score (nSPS) is 21.1. The summed E-state index contributed by atoms with van der Waals surface area (Å²) in [6.45, 7) is 13.8. The van der Waals surface area contributed by atoms with Crippen molar-refractivity contribution in [2.75, 3.05) is 44.2 Å². The van der Waals surface area contributed by atoms with Crippen LogP contribution in [0.15, 0.2) is 71.5 Å². The molecule has 60 heavy (non-hydrogen) atoms. The molecule has 2 N–H and O–H groups in total. The Labute approximate surface area is 355 Å². The number of hydrogen-bond donors (Lipinski definition) is 2. The van der Waals surface area contributed by atoms with E-state index >= 15 is 0 Å². The van der Waals surface area contributed by atoms with E-state index in [2.05, 4.69) is 59.3 Å². The van der Waals surface area contributed by atoms with E-state index in [1.54, 1.807) is 25.2 Å². The van der Waals surface area contributed by atoms with Crippen molar-refractivity contribution in [1.29, 1.82) is 5.26 Å². The first-order chi connectivity index (χ1) is 28.7. The van der Waals surface area contributed by atoms with Crippen molar-refractivity contribution in [3.05, 3.63) is 93.4 Å². The van der Waals surface area contributed by atoms with Gasteiger partial charge in [0.25, 0.3) is 11.8 Å². The van der Waals surface area contributed by atoms with Crippen LogP contribution in [-0.2, 0) is 16.6 Å². The van der Waals surface area contributed by atoms with Crippen molar-refractivity contribution in [3.63, 3.8) is 0 Å². The van der Waals surface area contributed by atoms with Crippen LogP contribution in [0, 0.1) is 22.2 Å². The maximum atomic E-state index is 13.5. The number of anilines is 1. The number of benzene rings is 3. The quantitative estimate of drug-likeness (QED) is 0.118. The van der Waals surface area contributed by atoms with E-state index in [1.165, 1.54) is 4.57 Å². The molecule has 0 radical (unpaired) electrons. The van der Waals surface area contributed by atoms with Gasteiger partial charge >= 0.3 is 5.69 Å². The topological polar surface area (TPSA) is 164 Å². The molecule has 3 amide bonds. The Bertz CT molecular complexity index is 2310. The predicted molar refractivity (Wildman–Crippen MR) is 228 cm³/mol. The lowest BCUT2D eigenvalue weighted by Gasteiger charge is -2.63. The fourth-order valence-electron chi connectivity index (χ4n) is 9.19. The Morgan fingerprint density at radius 2 is 1.62 bits per heavy atom. The summed E-state index contributed by atoms with van der Waals surface area (Å²) in [7, 11) is 1.61. The number of nitrogens with zero attached hydrogens (tertiary/aromatic N) is 6. The third kappa shape index (κ3) is 8.79. The minimum atomic E-state index is -0.810. The number of piperazine rings is 1. The van der Waals surface area contributed by atoms with Gasteiger partial charge in [0.1, 0.15) is 29.7 Å². The molecule has 1 unspecified atom stereocenters. The van der Waals surface area contributed by atoms with E-state index in [0.29, 0.717) is 34.3 Å². The number of piperidine rings is 1. The first-order valence-electron chi connectivity index (χ1n) is 20.6. The number of rotatable bonds is 14. The van der Waals surface area contributed by atoms with Crippen LogP contribution < -0.4 is 30.7 Å². The second-order valence-electron chi connectivity index (χ2n) is 17.2. The molecule has 316 valence electrons. The van der Waals surface area contributed by atoms with Crippen LogP contribution in [0.25, 0.3) is 11.4 Å². The molecule has 1 aromatic heterocycles. The van der Waals surface area contributed by atoms with Gasteiger partial charge in [-0.1, -0.05) is 39.3 Å². The Morgan fingerprint density at radius 1 is 0.933 bits per heavy atom. The zero-order chi connectivity index (χ0) is 42.8. The van der Waals surface area contributed by atoms with E-state index in [0.717, 1.165) is 73.7 Å². The average molecular weight is 837 g/mol. The lowest BCUT2D eigenvalue weighted by molar-refractivity contribution is -0.164. The molecule has 15 heteroatoms. The van der Waals surface area contributed by atoms with Crippen molar-refractivity contribution >= 4 is 35.0 Å². The molecule has 0 spiro atoms. The molecular formula is C45H53ClN8O6. The van der Waals surface area contributed by atoms with Gasteiger partial charge < -0.3 is 19.7 Å². The highest BCUT2D eigenvalue weighted by Gasteiger charge is 2.64. The number of carbonyl (C=O) groups is 3. The molecule has 0 bridgehead atoms. The molecule has 2 aliphatic heterocycles. The Hall–Kier alpha value is -5.65. The van der Waals surface area contributed by atoms with E-state index < -0.39 is 17.6 Å². The molecule has 7 rings (SSSR count). The number of imide groups is 1. The number of nitriles is 1. The highest BCUT2D eigenvalue weighted by atomic mass is 35.5. The van der Waals surface area contributed by atoms with E-state index in [-0.39, 0.29) is 47.6 Å². The fourth-order valence-corrected chi connectivity index (χ4v) is 9.41. The monoisotopic (exact) mass is 836 g/mol. The molecule has 3 aliphatic rings. The van der Waals surface area contributed by atoms with Crippen LogP contribution in [0.4, 0.5) is 5.69 Å². The number of halogens is 1. The second kappa shape index (κ2) is 17.5. The van der Waals surface area contributed by atoms with Crippen LogP contribution in [0.1, 0.15) is 81.8 Å². The number of ether oxygens (including phenoxy) is 2. The number of hydrogen-bond acceptors (Lipinski definition) is 10. The van der Waals surface area contributed by atoms with E-state index in [9.17, 15) is 24.4 Å². The molecule has 4 aromatic rings. The van der Waals surface area contributed by atoms with E-state index in [1.807, 2.05) is 48.5 Å². The van der Waals surface area contributed by atoms with Crippen molar-refractivity contribution < 1.29 is 23.9 Å². The minimum Gasteiger partial charge on any atom is -0.494 e. The summed E-state index contributed by atoms with van der Waals surface area (Å²) in [6, 6.07) is 21.5. The largest absolute Gasteiger partial charge is 0.494 e. The lowest BCUT2D eigenvalue weighted by atomic mass is 9.49. The van der Waals surface area contributed by atoms with Crippen LogP contribution in [-0.4, -0.2) is 88.4 Å². The smallest absolute Gasteiger partial charge is 0.346 e.